The number of carboxylic acids is 1. The van der Waals surface area contributed by atoms with E-state index in [2.05, 4.69) is 9.80 Å². The molecule has 3 fully saturated rings. The molecule has 2 heterocycles. The topological polar surface area (TPSA) is 43.8 Å². The van der Waals surface area contributed by atoms with Crippen LogP contribution in [0.4, 0.5) is 0 Å². The van der Waals surface area contributed by atoms with E-state index in [9.17, 15) is 9.90 Å². The second-order valence-electron chi connectivity index (χ2n) is 5.76. The van der Waals surface area contributed by atoms with Gasteiger partial charge in [-0.3, -0.25) is 14.6 Å². The molecule has 1 saturated carbocycles. The van der Waals surface area contributed by atoms with Gasteiger partial charge in [0.05, 0.1) is 0 Å². The molecule has 0 radical (unpaired) electrons. The molecule has 0 aromatic carbocycles. The summed E-state index contributed by atoms with van der Waals surface area (Å²) in [5.41, 5.74) is 0. The molecule has 4 heteroatoms. The molecule has 0 bridgehead atoms. The molecule has 96 valence electrons. The van der Waals surface area contributed by atoms with Crippen molar-refractivity contribution in [2.45, 2.75) is 56.7 Å². The van der Waals surface area contributed by atoms with E-state index in [0.29, 0.717) is 6.04 Å². The van der Waals surface area contributed by atoms with E-state index in [-0.39, 0.29) is 6.04 Å². The molecule has 2 aliphatic heterocycles. The predicted octanol–water partition coefficient (Wildman–Crippen LogP) is 1.16. The fraction of sp³-hybridized carbons (Fsp3) is 0.923. The number of piperidine rings is 1. The lowest BCUT2D eigenvalue weighted by Crippen LogP contribution is -2.51. The van der Waals surface area contributed by atoms with Gasteiger partial charge in [0.1, 0.15) is 6.04 Å². The molecule has 2 unspecified atom stereocenters. The van der Waals surface area contributed by atoms with Crippen molar-refractivity contribution in [2.24, 2.45) is 0 Å². The first kappa shape index (κ1) is 11.5. The van der Waals surface area contributed by atoms with Crippen molar-refractivity contribution < 1.29 is 9.90 Å². The van der Waals surface area contributed by atoms with Crippen molar-refractivity contribution in [2.75, 3.05) is 19.6 Å². The molecule has 3 rings (SSSR count). The Morgan fingerprint density at radius 2 is 1.82 bits per heavy atom. The van der Waals surface area contributed by atoms with Gasteiger partial charge in [-0.25, -0.2) is 0 Å². The van der Waals surface area contributed by atoms with Crippen LogP contribution < -0.4 is 0 Å². The van der Waals surface area contributed by atoms with Gasteiger partial charge < -0.3 is 5.11 Å². The first-order valence-corrected chi connectivity index (χ1v) is 6.98. The Bertz CT molecular complexity index is 304. The van der Waals surface area contributed by atoms with Crippen LogP contribution in [-0.2, 0) is 4.79 Å². The third-order valence-corrected chi connectivity index (χ3v) is 4.56. The molecule has 2 saturated heterocycles. The first-order chi connectivity index (χ1) is 8.25. The number of nitrogens with zero attached hydrogens (tertiary/aromatic N) is 2. The van der Waals surface area contributed by atoms with E-state index in [1.54, 1.807) is 0 Å². The minimum atomic E-state index is -0.616. The van der Waals surface area contributed by atoms with Gasteiger partial charge in [-0.1, -0.05) is 6.42 Å². The van der Waals surface area contributed by atoms with Crippen molar-refractivity contribution in [3.05, 3.63) is 0 Å². The lowest BCUT2D eigenvalue weighted by atomic mass is 9.99. The second-order valence-corrected chi connectivity index (χ2v) is 5.76. The van der Waals surface area contributed by atoms with Crippen LogP contribution in [0.1, 0.15) is 38.5 Å². The van der Waals surface area contributed by atoms with Crippen LogP contribution in [0.2, 0.25) is 0 Å². The number of carbonyl (C=O) groups is 1. The molecule has 0 amide bonds. The number of rotatable bonds is 3. The summed E-state index contributed by atoms with van der Waals surface area (Å²) >= 11 is 0. The average Bonchev–Trinajstić information content (AvgIpc) is 3.07. The summed E-state index contributed by atoms with van der Waals surface area (Å²) in [6.07, 6.45) is 6.97. The maximum atomic E-state index is 11.3. The van der Waals surface area contributed by atoms with E-state index >= 15 is 0 Å². The van der Waals surface area contributed by atoms with Crippen LogP contribution in [0.5, 0.6) is 0 Å². The van der Waals surface area contributed by atoms with Crippen molar-refractivity contribution >= 4 is 5.97 Å². The number of aliphatic carboxylic acids is 1. The smallest absolute Gasteiger partial charge is 0.320 e. The van der Waals surface area contributed by atoms with Crippen LogP contribution in [0.15, 0.2) is 0 Å². The van der Waals surface area contributed by atoms with E-state index in [1.165, 1.54) is 32.2 Å². The van der Waals surface area contributed by atoms with Gasteiger partial charge in [0.15, 0.2) is 0 Å². The monoisotopic (exact) mass is 238 g/mol. The third-order valence-electron chi connectivity index (χ3n) is 4.56. The molecular weight excluding hydrogens is 216 g/mol. The van der Waals surface area contributed by atoms with Crippen molar-refractivity contribution in [1.82, 2.24) is 9.80 Å². The summed E-state index contributed by atoms with van der Waals surface area (Å²) in [4.78, 5) is 16.1. The van der Waals surface area contributed by atoms with Crippen LogP contribution >= 0.6 is 0 Å². The molecule has 2 atom stereocenters. The van der Waals surface area contributed by atoms with Gasteiger partial charge in [-0.05, 0) is 38.6 Å². The van der Waals surface area contributed by atoms with Crippen molar-refractivity contribution in [3.63, 3.8) is 0 Å². The number of carboxylic acid groups (broad SMARTS) is 1. The zero-order valence-electron chi connectivity index (χ0n) is 10.3. The molecule has 1 aliphatic carbocycles. The van der Waals surface area contributed by atoms with E-state index < -0.39 is 5.97 Å². The quantitative estimate of drug-likeness (QED) is 0.801. The fourth-order valence-corrected chi connectivity index (χ4v) is 3.47. The third kappa shape index (κ3) is 2.33. The lowest BCUT2D eigenvalue weighted by molar-refractivity contribution is -0.145. The molecule has 0 spiro atoms. The van der Waals surface area contributed by atoms with Gasteiger partial charge in [0, 0.05) is 25.2 Å². The zero-order valence-corrected chi connectivity index (χ0v) is 10.3. The van der Waals surface area contributed by atoms with Crippen molar-refractivity contribution in [3.8, 4) is 0 Å². The van der Waals surface area contributed by atoms with Gasteiger partial charge in [0.25, 0.3) is 0 Å². The predicted molar refractivity (Wildman–Crippen MR) is 65.0 cm³/mol. The minimum Gasteiger partial charge on any atom is -0.480 e. The second kappa shape index (κ2) is 4.58. The Kier molecular flexibility index (Phi) is 3.09. The molecule has 17 heavy (non-hydrogen) atoms. The van der Waals surface area contributed by atoms with Gasteiger partial charge in [-0.2, -0.15) is 0 Å². The van der Waals surface area contributed by atoms with Crippen LogP contribution in [0, 0.1) is 0 Å². The molecular formula is C13H22N2O2. The van der Waals surface area contributed by atoms with Gasteiger partial charge in [-0.15, -0.1) is 0 Å². The van der Waals surface area contributed by atoms with Crippen molar-refractivity contribution in [1.29, 1.82) is 0 Å². The summed E-state index contributed by atoms with van der Waals surface area (Å²) in [5.74, 6) is -0.616. The highest BCUT2D eigenvalue weighted by Gasteiger charge is 2.40. The van der Waals surface area contributed by atoms with E-state index in [4.69, 9.17) is 0 Å². The Balaban J connectivity index is 1.63. The minimum absolute atomic E-state index is 0.215. The summed E-state index contributed by atoms with van der Waals surface area (Å²) in [5, 5.41) is 9.30. The SMILES string of the molecule is O=C(O)C1CCCCN1C1CCN(C2CC2)C1. The lowest BCUT2D eigenvalue weighted by Gasteiger charge is -2.37. The maximum Gasteiger partial charge on any atom is 0.320 e. The highest BCUT2D eigenvalue weighted by Crippen LogP contribution is 2.32. The summed E-state index contributed by atoms with van der Waals surface area (Å²) < 4.78 is 0. The van der Waals surface area contributed by atoms with Crippen LogP contribution in [0.25, 0.3) is 0 Å². The average molecular weight is 238 g/mol. The fourth-order valence-electron chi connectivity index (χ4n) is 3.47. The first-order valence-electron chi connectivity index (χ1n) is 6.98. The van der Waals surface area contributed by atoms with Crippen LogP contribution in [-0.4, -0.2) is 58.6 Å². The summed E-state index contributed by atoms with van der Waals surface area (Å²) in [6.45, 7) is 3.27. The Labute approximate surface area is 103 Å². The maximum absolute atomic E-state index is 11.3. The molecule has 1 N–H and O–H groups in total. The highest BCUT2D eigenvalue weighted by atomic mass is 16.4. The van der Waals surface area contributed by atoms with Gasteiger partial charge >= 0.3 is 5.97 Å². The van der Waals surface area contributed by atoms with Gasteiger partial charge in [0.2, 0.25) is 0 Å². The summed E-state index contributed by atoms with van der Waals surface area (Å²) in [7, 11) is 0. The highest BCUT2D eigenvalue weighted by molar-refractivity contribution is 5.73. The zero-order chi connectivity index (χ0) is 11.8. The molecule has 3 aliphatic rings. The number of hydrogen-bond donors (Lipinski definition) is 1. The Hall–Kier alpha value is -0.610. The van der Waals surface area contributed by atoms with E-state index in [0.717, 1.165) is 32.0 Å². The molecule has 4 nitrogen and oxygen atoms in total. The standard InChI is InChI=1S/C13H22N2O2/c16-13(17)12-3-1-2-7-15(12)11-6-8-14(9-11)10-4-5-10/h10-12H,1-9H2,(H,16,17). The van der Waals surface area contributed by atoms with E-state index in [1.807, 2.05) is 0 Å². The number of likely N-dealkylation sites (tertiary alicyclic amines) is 2. The molecule has 0 aromatic heterocycles. The molecule has 0 aromatic rings. The Morgan fingerprint density at radius 1 is 1.00 bits per heavy atom. The Morgan fingerprint density at radius 3 is 2.53 bits per heavy atom. The van der Waals surface area contributed by atoms with Crippen LogP contribution in [0.3, 0.4) is 0 Å². The summed E-state index contributed by atoms with van der Waals surface area (Å²) in [6, 6.07) is 1.11. The normalized spacial score (nSPS) is 36.2. The number of hydrogen-bond acceptors (Lipinski definition) is 3. The largest absolute Gasteiger partial charge is 0.480 e.